The molecule has 6 nitrogen and oxygen atoms in total. The highest BCUT2D eigenvalue weighted by molar-refractivity contribution is 5.81. The second-order valence-corrected chi connectivity index (χ2v) is 8.00. The summed E-state index contributed by atoms with van der Waals surface area (Å²) in [6.07, 6.45) is 7.76. The maximum Gasteiger partial charge on any atom is 0.223 e. The fraction of sp³-hybridized carbons (Fsp3) is 0.619. The molecule has 6 heteroatoms. The third-order valence-corrected chi connectivity index (χ3v) is 5.91. The molecule has 0 radical (unpaired) electrons. The van der Waals surface area contributed by atoms with Crippen LogP contribution in [-0.2, 0) is 4.79 Å². The minimum atomic E-state index is -0.0386. The highest BCUT2D eigenvalue weighted by Gasteiger charge is 2.43. The van der Waals surface area contributed by atoms with Crippen LogP contribution in [0.25, 0.3) is 0 Å². The van der Waals surface area contributed by atoms with E-state index in [1.807, 2.05) is 6.07 Å². The van der Waals surface area contributed by atoms with E-state index in [2.05, 4.69) is 39.1 Å². The van der Waals surface area contributed by atoms with E-state index in [0.29, 0.717) is 13.1 Å². The van der Waals surface area contributed by atoms with Crippen LogP contribution in [0.2, 0.25) is 0 Å². The molecular weight excluding hydrogens is 340 g/mol. The zero-order valence-electron chi connectivity index (χ0n) is 16.1. The summed E-state index contributed by atoms with van der Waals surface area (Å²) in [7, 11) is 1.79. The first-order chi connectivity index (χ1) is 13.2. The first-order valence-electron chi connectivity index (χ1n) is 10.2. The van der Waals surface area contributed by atoms with Gasteiger partial charge in [-0.15, -0.1) is 0 Å². The van der Waals surface area contributed by atoms with Gasteiger partial charge in [0.05, 0.1) is 6.04 Å². The van der Waals surface area contributed by atoms with Crippen LogP contribution in [-0.4, -0.2) is 37.6 Å². The number of rotatable bonds is 5. The lowest BCUT2D eigenvalue weighted by molar-refractivity contribution is -0.122. The van der Waals surface area contributed by atoms with E-state index in [-0.39, 0.29) is 23.5 Å². The molecule has 1 atom stereocenters. The molecule has 2 fully saturated rings. The second-order valence-electron chi connectivity index (χ2n) is 8.00. The predicted octanol–water partition coefficient (Wildman–Crippen LogP) is 2.51. The first-order valence-corrected chi connectivity index (χ1v) is 10.2. The lowest BCUT2D eigenvalue weighted by Crippen LogP contribution is -2.47. The Labute approximate surface area is 161 Å². The predicted molar refractivity (Wildman–Crippen MR) is 106 cm³/mol. The zero-order valence-corrected chi connectivity index (χ0v) is 16.1. The summed E-state index contributed by atoms with van der Waals surface area (Å²) in [6, 6.07) is 8.50. The SMILES string of the molecule is CN=C(NCCNC(=O)C1CC1)NC1CC2(CCCC2)Oc2ccccc21. The summed E-state index contributed by atoms with van der Waals surface area (Å²) in [6.45, 7) is 1.28. The summed E-state index contributed by atoms with van der Waals surface area (Å²) in [5.41, 5.74) is 1.16. The Kier molecular flexibility index (Phi) is 5.23. The second kappa shape index (κ2) is 7.79. The number of benzene rings is 1. The van der Waals surface area contributed by atoms with Crippen molar-refractivity contribution < 1.29 is 9.53 Å². The third-order valence-electron chi connectivity index (χ3n) is 5.91. The van der Waals surface area contributed by atoms with Crippen molar-refractivity contribution in [2.45, 2.75) is 56.6 Å². The highest BCUT2D eigenvalue weighted by Crippen LogP contribution is 2.46. The fourth-order valence-corrected chi connectivity index (χ4v) is 4.29. The number of guanidine groups is 1. The number of hydrogen-bond acceptors (Lipinski definition) is 3. The Bertz CT molecular complexity index is 708. The Balaban J connectivity index is 1.36. The Hall–Kier alpha value is -2.24. The smallest absolute Gasteiger partial charge is 0.223 e. The third kappa shape index (κ3) is 4.20. The van der Waals surface area contributed by atoms with Crippen molar-refractivity contribution in [3.05, 3.63) is 29.8 Å². The number of aliphatic imine (C=N–C) groups is 1. The zero-order chi connectivity index (χ0) is 18.7. The Morgan fingerprint density at radius 3 is 2.67 bits per heavy atom. The van der Waals surface area contributed by atoms with Crippen LogP contribution in [0, 0.1) is 5.92 Å². The average molecular weight is 370 g/mol. The minimum Gasteiger partial charge on any atom is -0.487 e. The van der Waals surface area contributed by atoms with E-state index < -0.39 is 0 Å². The summed E-state index contributed by atoms with van der Waals surface area (Å²) < 4.78 is 6.43. The van der Waals surface area contributed by atoms with Crippen LogP contribution in [0.5, 0.6) is 5.75 Å². The molecule has 0 saturated heterocycles. The van der Waals surface area contributed by atoms with Crippen LogP contribution in [0.3, 0.4) is 0 Å². The van der Waals surface area contributed by atoms with E-state index in [9.17, 15) is 4.79 Å². The quantitative estimate of drug-likeness (QED) is 0.423. The molecule has 1 heterocycles. The molecule has 1 unspecified atom stereocenters. The van der Waals surface area contributed by atoms with E-state index in [0.717, 1.165) is 43.8 Å². The van der Waals surface area contributed by atoms with Gasteiger partial charge in [0.25, 0.3) is 0 Å². The van der Waals surface area contributed by atoms with Crippen LogP contribution < -0.4 is 20.7 Å². The molecular formula is C21H30N4O2. The molecule has 2 aliphatic carbocycles. The van der Waals surface area contributed by atoms with Gasteiger partial charge in [0.2, 0.25) is 5.91 Å². The van der Waals surface area contributed by atoms with Crippen molar-refractivity contribution in [3.8, 4) is 5.75 Å². The van der Waals surface area contributed by atoms with Gasteiger partial charge in [0.1, 0.15) is 11.4 Å². The molecule has 1 spiro atoms. The van der Waals surface area contributed by atoms with Crippen molar-refractivity contribution in [1.29, 1.82) is 0 Å². The number of amides is 1. The number of carbonyl (C=O) groups excluding carboxylic acids is 1. The van der Waals surface area contributed by atoms with Crippen LogP contribution in [0.4, 0.5) is 0 Å². The number of nitrogens with zero attached hydrogens (tertiary/aromatic N) is 1. The van der Waals surface area contributed by atoms with Crippen molar-refractivity contribution in [1.82, 2.24) is 16.0 Å². The lowest BCUT2D eigenvalue weighted by atomic mass is 9.86. The number of nitrogens with one attached hydrogen (secondary N) is 3. The van der Waals surface area contributed by atoms with Gasteiger partial charge >= 0.3 is 0 Å². The number of ether oxygens (including phenoxy) is 1. The van der Waals surface area contributed by atoms with Crippen LogP contribution in [0.15, 0.2) is 29.3 Å². The van der Waals surface area contributed by atoms with Gasteiger partial charge in [-0.05, 0) is 44.6 Å². The normalized spacial score (nSPS) is 23.4. The average Bonchev–Trinajstić information content (AvgIpc) is 3.45. The summed E-state index contributed by atoms with van der Waals surface area (Å²) in [5, 5.41) is 9.89. The van der Waals surface area contributed by atoms with Gasteiger partial charge in [-0.2, -0.15) is 0 Å². The number of fused-ring (bicyclic) bond motifs is 1. The van der Waals surface area contributed by atoms with Gasteiger partial charge in [0.15, 0.2) is 5.96 Å². The van der Waals surface area contributed by atoms with Gasteiger partial charge in [-0.1, -0.05) is 18.2 Å². The number of carbonyl (C=O) groups is 1. The first kappa shape index (κ1) is 18.1. The molecule has 3 N–H and O–H groups in total. The Morgan fingerprint density at radius 2 is 1.93 bits per heavy atom. The molecule has 146 valence electrons. The molecule has 4 rings (SSSR count). The lowest BCUT2D eigenvalue weighted by Gasteiger charge is -2.40. The van der Waals surface area contributed by atoms with Crippen molar-refractivity contribution in [2.75, 3.05) is 20.1 Å². The van der Waals surface area contributed by atoms with Crippen molar-refractivity contribution in [2.24, 2.45) is 10.9 Å². The minimum absolute atomic E-state index is 0.0386. The van der Waals surface area contributed by atoms with Gasteiger partial charge in [-0.3, -0.25) is 9.79 Å². The standard InChI is InChI=1S/C21H30N4O2/c1-22-20(24-13-12-23-19(26)15-8-9-15)25-17-14-21(10-4-5-11-21)27-18-7-3-2-6-16(17)18/h2-3,6-7,15,17H,4-5,8-14H2,1H3,(H,23,26)(H2,22,24,25). The topological polar surface area (TPSA) is 74.8 Å². The molecule has 3 aliphatic rings. The van der Waals surface area contributed by atoms with E-state index in [4.69, 9.17) is 4.74 Å². The number of para-hydroxylation sites is 1. The molecule has 1 aromatic carbocycles. The van der Waals surface area contributed by atoms with Crippen molar-refractivity contribution >= 4 is 11.9 Å². The maximum absolute atomic E-state index is 11.7. The summed E-state index contributed by atoms with van der Waals surface area (Å²) in [5.74, 6) is 2.20. The maximum atomic E-state index is 11.7. The molecule has 1 amide bonds. The molecule has 2 saturated carbocycles. The van der Waals surface area contributed by atoms with Gasteiger partial charge in [0, 0.05) is 38.0 Å². The van der Waals surface area contributed by atoms with E-state index in [1.165, 1.54) is 18.4 Å². The molecule has 0 bridgehead atoms. The summed E-state index contributed by atoms with van der Waals surface area (Å²) >= 11 is 0. The Morgan fingerprint density at radius 1 is 1.19 bits per heavy atom. The van der Waals surface area contributed by atoms with Gasteiger partial charge < -0.3 is 20.7 Å². The highest BCUT2D eigenvalue weighted by atomic mass is 16.5. The molecule has 0 aromatic heterocycles. The number of hydrogen-bond donors (Lipinski definition) is 3. The van der Waals surface area contributed by atoms with Crippen LogP contribution >= 0.6 is 0 Å². The van der Waals surface area contributed by atoms with E-state index in [1.54, 1.807) is 7.05 Å². The monoisotopic (exact) mass is 370 g/mol. The molecule has 1 aliphatic heterocycles. The van der Waals surface area contributed by atoms with Gasteiger partial charge in [-0.25, -0.2) is 0 Å². The van der Waals surface area contributed by atoms with Crippen LogP contribution in [0.1, 0.15) is 56.6 Å². The van der Waals surface area contributed by atoms with Crippen molar-refractivity contribution in [3.63, 3.8) is 0 Å². The fourth-order valence-electron chi connectivity index (χ4n) is 4.29. The summed E-state index contributed by atoms with van der Waals surface area (Å²) in [4.78, 5) is 16.1. The van der Waals surface area contributed by atoms with E-state index >= 15 is 0 Å². The largest absolute Gasteiger partial charge is 0.487 e. The molecule has 27 heavy (non-hydrogen) atoms. The molecule has 1 aromatic rings.